The summed E-state index contributed by atoms with van der Waals surface area (Å²) in [6.45, 7) is 7.20. The van der Waals surface area contributed by atoms with Crippen molar-refractivity contribution >= 4 is 23.4 Å². The van der Waals surface area contributed by atoms with E-state index in [1.54, 1.807) is 0 Å². The summed E-state index contributed by atoms with van der Waals surface area (Å²) in [6, 6.07) is 4.53. The largest absolute Gasteiger partial charge is 0.741 e. The second-order valence-electron chi connectivity index (χ2n) is 7.08. The van der Waals surface area contributed by atoms with E-state index in [0.717, 1.165) is 0 Å². The molecule has 0 bridgehead atoms. The van der Waals surface area contributed by atoms with Crippen molar-refractivity contribution in [1.82, 2.24) is 0 Å². The zero-order valence-corrected chi connectivity index (χ0v) is 17.1. The number of aryl methyl sites for hydroxylation is 1. The summed E-state index contributed by atoms with van der Waals surface area (Å²) in [5.41, 5.74) is -4.14. The average molecular weight is 416 g/mol. The molecule has 23 heavy (non-hydrogen) atoms. The van der Waals surface area contributed by atoms with Crippen molar-refractivity contribution in [3.63, 3.8) is 0 Å². The van der Waals surface area contributed by atoms with Crippen molar-refractivity contribution in [2.45, 2.75) is 47.3 Å². The summed E-state index contributed by atoms with van der Waals surface area (Å²) in [6.07, 6.45) is 4.30. The van der Waals surface area contributed by atoms with Gasteiger partial charge >= 0.3 is 102 Å². The van der Waals surface area contributed by atoms with Crippen molar-refractivity contribution in [3.8, 4) is 0 Å². The van der Waals surface area contributed by atoms with Gasteiger partial charge in [-0.15, -0.1) is 0 Å². The van der Waals surface area contributed by atoms with E-state index in [1.807, 2.05) is 0 Å². The van der Waals surface area contributed by atoms with Crippen molar-refractivity contribution in [2.75, 3.05) is 0 Å². The number of halogens is 3. The Morgan fingerprint density at radius 2 is 1.48 bits per heavy atom. The number of hydrogen-bond acceptors (Lipinski definition) is 3. The molecule has 1 heterocycles. The maximum Gasteiger partial charge on any atom is 0.485 e. The monoisotopic (exact) mass is 417 g/mol. The fraction of sp³-hybridized carbons (Fsp3) is 0.643. The Hall–Kier alpha value is -0.607. The minimum atomic E-state index is -6.09. The van der Waals surface area contributed by atoms with Gasteiger partial charge in [0, 0.05) is 0 Å². The first-order chi connectivity index (χ1) is 9.97. The van der Waals surface area contributed by atoms with E-state index in [0.29, 0.717) is 4.25 Å². The Kier molecular flexibility index (Phi) is 7.32. The van der Waals surface area contributed by atoms with Gasteiger partial charge in [-0.25, -0.2) is 8.42 Å². The quantitative estimate of drug-likeness (QED) is 0.322. The van der Waals surface area contributed by atoms with Crippen LogP contribution in [-0.2, 0) is 22.4 Å². The molecular weight excluding hydrogens is 392 g/mol. The summed E-state index contributed by atoms with van der Waals surface area (Å²) in [4.78, 5) is 0. The SMILES string of the molecule is C[n+]1ccc([CH2][Ge]([CH3])([CH3])[C](C)(C)C)cc1.O=S(=O)([O-])C(F)(F)F. The molecule has 0 aromatic carbocycles. The minimum absolute atomic E-state index is 0.526. The summed E-state index contributed by atoms with van der Waals surface area (Å²) < 4.78 is 61.5. The van der Waals surface area contributed by atoms with Gasteiger partial charge in [0.2, 0.25) is 0 Å². The fourth-order valence-electron chi connectivity index (χ4n) is 1.43. The van der Waals surface area contributed by atoms with Gasteiger partial charge in [0.25, 0.3) is 0 Å². The molecule has 1 aromatic heterocycles. The van der Waals surface area contributed by atoms with Crippen molar-refractivity contribution in [2.24, 2.45) is 7.05 Å². The van der Waals surface area contributed by atoms with Gasteiger partial charge in [-0.05, 0) is 0 Å². The fourth-order valence-corrected chi connectivity index (χ4v) is 5.17. The van der Waals surface area contributed by atoms with E-state index in [4.69, 9.17) is 13.0 Å². The average Bonchev–Trinajstić information content (AvgIpc) is 2.28. The molecule has 0 aliphatic carbocycles. The normalized spacial score (nSPS) is 13.3. The number of pyridine rings is 1. The molecule has 0 N–H and O–H groups in total. The molecule has 1 rings (SSSR count). The molecule has 0 fully saturated rings. The molecular formula is C14H24F3GeNO3S. The molecule has 134 valence electrons. The Balaban J connectivity index is 0.000000515. The minimum Gasteiger partial charge on any atom is -0.741 e. The Labute approximate surface area is 138 Å². The predicted molar refractivity (Wildman–Crippen MR) is 84.3 cm³/mol. The molecule has 0 spiro atoms. The summed E-state index contributed by atoms with van der Waals surface area (Å²) in [7, 11) is -4.02. The van der Waals surface area contributed by atoms with Crippen LogP contribution in [0.3, 0.4) is 0 Å². The number of nitrogens with zero attached hydrogens (tertiary/aromatic N) is 1. The zero-order chi connectivity index (χ0) is 18.7. The first-order valence-corrected chi connectivity index (χ1v) is 15.1. The smallest absolute Gasteiger partial charge is 0.485 e. The van der Waals surface area contributed by atoms with Gasteiger partial charge in [0.15, 0.2) is 10.1 Å². The number of alkyl halides is 3. The number of hydrogen-bond donors (Lipinski definition) is 0. The van der Waals surface area contributed by atoms with E-state index < -0.39 is 28.9 Å². The van der Waals surface area contributed by atoms with Gasteiger partial charge < -0.3 is 4.55 Å². The predicted octanol–water partition coefficient (Wildman–Crippen LogP) is 3.15. The molecule has 4 nitrogen and oxygen atoms in total. The topological polar surface area (TPSA) is 61.1 Å². The van der Waals surface area contributed by atoms with E-state index in [-0.39, 0.29) is 0 Å². The summed E-state index contributed by atoms with van der Waals surface area (Å²) in [5, 5.41) is 1.32. The van der Waals surface area contributed by atoms with Crippen molar-refractivity contribution in [3.05, 3.63) is 30.1 Å². The molecule has 0 saturated heterocycles. The van der Waals surface area contributed by atoms with Gasteiger partial charge in [-0.1, -0.05) is 0 Å². The third-order valence-corrected chi connectivity index (χ3v) is 15.8. The van der Waals surface area contributed by atoms with Gasteiger partial charge in [0.05, 0.1) is 0 Å². The Morgan fingerprint density at radius 1 is 1.13 bits per heavy atom. The third kappa shape index (κ3) is 7.67. The maximum atomic E-state index is 10.7. The molecule has 0 unspecified atom stereocenters. The van der Waals surface area contributed by atoms with Crippen LogP contribution < -0.4 is 4.57 Å². The molecule has 0 atom stereocenters. The summed E-state index contributed by atoms with van der Waals surface area (Å²) >= 11 is -1.70. The van der Waals surface area contributed by atoms with Crippen LogP contribution in [0.25, 0.3) is 0 Å². The van der Waals surface area contributed by atoms with Crippen LogP contribution >= 0.6 is 0 Å². The number of rotatable bonds is 2. The van der Waals surface area contributed by atoms with Crippen LogP contribution in [0, 0.1) is 0 Å². The molecule has 0 aliphatic rings. The van der Waals surface area contributed by atoms with Gasteiger partial charge in [0.1, 0.15) is 0 Å². The molecule has 0 radical (unpaired) electrons. The van der Waals surface area contributed by atoms with Crippen molar-refractivity contribution < 1.29 is 30.7 Å². The third-order valence-electron chi connectivity index (χ3n) is 4.01. The van der Waals surface area contributed by atoms with Crippen LogP contribution in [-0.4, -0.2) is 31.7 Å². The molecule has 0 amide bonds. The first kappa shape index (κ1) is 22.4. The maximum absolute atomic E-state index is 10.7. The standard InChI is InChI=1S/C13H24GeN.CHF3O3S/c1-13(2,3)14(4,5)11-12-7-9-15(6)10-8-12;2-1(3,4)8(5,6)7/h7-10H,11H2,1-6H3;(H,5,6,7)/q+1;/p-1. The second kappa shape index (κ2) is 7.52. The van der Waals surface area contributed by atoms with E-state index in [1.165, 1.54) is 10.8 Å². The van der Waals surface area contributed by atoms with Crippen LogP contribution in [0.15, 0.2) is 24.5 Å². The molecule has 0 saturated carbocycles. The van der Waals surface area contributed by atoms with Crippen LogP contribution in [0.2, 0.25) is 15.8 Å². The molecule has 0 aliphatic heterocycles. The Morgan fingerprint density at radius 3 is 1.74 bits per heavy atom. The second-order valence-corrected chi connectivity index (χ2v) is 20.2. The Bertz CT molecular complexity index is 606. The van der Waals surface area contributed by atoms with Crippen LogP contribution in [0.5, 0.6) is 0 Å². The first-order valence-electron chi connectivity index (χ1n) is 6.94. The molecule has 9 heteroatoms. The zero-order valence-electron chi connectivity index (χ0n) is 14.2. The number of aromatic nitrogens is 1. The van der Waals surface area contributed by atoms with Crippen molar-refractivity contribution in [1.29, 1.82) is 0 Å². The van der Waals surface area contributed by atoms with Gasteiger partial charge in [-0.2, -0.15) is 13.2 Å². The van der Waals surface area contributed by atoms with Gasteiger partial charge in [-0.3, -0.25) is 0 Å². The molecule has 1 aromatic rings. The van der Waals surface area contributed by atoms with E-state index in [9.17, 15) is 13.2 Å². The van der Waals surface area contributed by atoms with E-state index >= 15 is 0 Å². The van der Waals surface area contributed by atoms with E-state index in [2.05, 4.69) is 68.4 Å². The van der Waals surface area contributed by atoms with Crippen LogP contribution in [0.1, 0.15) is 26.3 Å². The van der Waals surface area contributed by atoms with Crippen LogP contribution in [0.4, 0.5) is 13.2 Å². The summed E-state index contributed by atoms with van der Waals surface area (Å²) in [5.74, 6) is 5.07.